The van der Waals surface area contributed by atoms with Crippen molar-refractivity contribution >= 4 is 29.1 Å². The van der Waals surface area contributed by atoms with E-state index in [2.05, 4.69) is 21.0 Å². The van der Waals surface area contributed by atoms with E-state index in [9.17, 15) is 0 Å². The van der Waals surface area contributed by atoms with E-state index in [-0.39, 0.29) is 6.61 Å². The van der Waals surface area contributed by atoms with Gasteiger partial charge in [-0.2, -0.15) is 8.75 Å². The Morgan fingerprint density at radius 3 is 2.86 bits per heavy atom. The molecular weight excluding hydrogens is 222 g/mol. The minimum atomic E-state index is 0.225. The van der Waals surface area contributed by atoms with Crippen molar-refractivity contribution in [3.63, 3.8) is 0 Å². The van der Waals surface area contributed by atoms with Crippen LogP contribution in [0.5, 0.6) is 0 Å². The molecule has 4 nitrogen and oxygen atoms in total. The lowest BCUT2D eigenvalue weighted by atomic mass is 10.0. The molecule has 0 saturated carbocycles. The molecule has 6 heteroatoms. The Labute approximate surface area is 92.6 Å². The van der Waals surface area contributed by atoms with Gasteiger partial charge >= 0.3 is 0 Å². The molecule has 1 aromatic heterocycles. The van der Waals surface area contributed by atoms with Crippen molar-refractivity contribution < 1.29 is 5.11 Å². The fraction of sp³-hybridized carbons (Fsp3) is 0.750. The molecule has 1 rings (SSSR count). The van der Waals surface area contributed by atoms with Crippen LogP contribution in [-0.2, 0) is 0 Å². The quantitative estimate of drug-likeness (QED) is 0.792. The molecule has 0 saturated heterocycles. The first-order chi connectivity index (χ1) is 6.77. The first-order valence-electron chi connectivity index (χ1n) is 4.60. The first kappa shape index (κ1) is 11.7. The van der Waals surface area contributed by atoms with Gasteiger partial charge in [0.2, 0.25) is 0 Å². The normalized spacial score (nSPS) is 12.8. The zero-order valence-electron chi connectivity index (χ0n) is 8.03. The summed E-state index contributed by atoms with van der Waals surface area (Å²) >= 11 is 6.86. The number of rotatable bonds is 6. The van der Waals surface area contributed by atoms with Crippen LogP contribution in [0.2, 0.25) is 5.15 Å². The molecule has 0 aliphatic heterocycles. The number of halogens is 1. The average molecular weight is 236 g/mol. The van der Waals surface area contributed by atoms with Crippen LogP contribution in [0.25, 0.3) is 0 Å². The Morgan fingerprint density at radius 1 is 1.57 bits per heavy atom. The summed E-state index contributed by atoms with van der Waals surface area (Å²) in [5.41, 5.74) is 0. The van der Waals surface area contributed by atoms with Crippen molar-refractivity contribution in [3.8, 4) is 0 Å². The van der Waals surface area contributed by atoms with Crippen molar-refractivity contribution in [2.75, 3.05) is 18.5 Å². The van der Waals surface area contributed by atoms with Gasteiger partial charge in [-0.1, -0.05) is 24.9 Å². The maximum Gasteiger partial charge on any atom is 0.186 e. The largest absolute Gasteiger partial charge is 0.396 e. The molecule has 0 amide bonds. The summed E-state index contributed by atoms with van der Waals surface area (Å²) in [6.07, 6.45) is 1.83. The van der Waals surface area contributed by atoms with Crippen LogP contribution in [0.3, 0.4) is 0 Å². The molecule has 0 aliphatic rings. The molecule has 0 bridgehead atoms. The number of nitrogens with one attached hydrogen (secondary N) is 1. The van der Waals surface area contributed by atoms with Gasteiger partial charge in [-0.05, 0) is 12.3 Å². The van der Waals surface area contributed by atoms with Gasteiger partial charge in [0.1, 0.15) is 0 Å². The van der Waals surface area contributed by atoms with Crippen molar-refractivity contribution in [3.05, 3.63) is 5.15 Å². The highest BCUT2D eigenvalue weighted by molar-refractivity contribution is 6.99. The Morgan fingerprint density at radius 2 is 2.36 bits per heavy atom. The molecule has 0 aliphatic carbocycles. The van der Waals surface area contributed by atoms with Crippen LogP contribution in [0.4, 0.5) is 5.82 Å². The Hall–Kier alpha value is -0.390. The number of aliphatic hydroxyl groups excluding tert-OH is 1. The van der Waals surface area contributed by atoms with Crippen molar-refractivity contribution in [1.29, 1.82) is 0 Å². The molecular formula is C8H14ClN3OS. The van der Waals surface area contributed by atoms with E-state index in [1.54, 1.807) is 0 Å². The smallest absolute Gasteiger partial charge is 0.186 e. The number of anilines is 1. The molecule has 1 unspecified atom stereocenters. The van der Waals surface area contributed by atoms with Gasteiger partial charge in [0.25, 0.3) is 0 Å². The minimum absolute atomic E-state index is 0.225. The summed E-state index contributed by atoms with van der Waals surface area (Å²) in [6, 6.07) is 0. The number of aliphatic hydroxyl groups is 1. The number of nitrogens with zero attached hydrogens (tertiary/aromatic N) is 2. The van der Waals surface area contributed by atoms with Crippen molar-refractivity contribution in [2.45, 2.75) is 19.8 Å². The first-order valence-corrected chi connectivity index (χ1v) is 5.71. The van der Waals surface area contributed by atoms with Gasteiger partial charge in [-0.25, -0.2) is 0 Å². The molecule has 2 N–H and O–H groups in total. The van der Waals surface area contributed by atoms with E-state index in [0.717, 1.165) is 31.1 Å². The second-order valence-corrected chi connectivity index (χ2v) is 3.96. The lowest BCUT2D eigenvalue weighted by Crippen LogP contribution is -2.15. The van der Waals surface area contributed by atoms with Crippen molar-refractivity contribution in [1.82, 2.24) is 8.75 Å². The lowest BCUT2D eigenvalue weighted by Gasteiger charge is -2.13. The molecule has 0 spiro atoms. The molecule has 1 heterocycles. The maximum absolute atomic E-state index is 8.80. The third kappa shape index (κ3) is 3.40. The van der Waals surface area contributed by atoms with Crippen LogP contribution in [0.1, 0.15) is 19.8 Å². The van der Waals surface area contributed by atoms with E-state index in [4.69, 9.17) is 16.7 Å². The third-order valence-electron chi connectivity index (χ3n) is 2.12. The topological polar surface area (TPSA) is 58.0 Å². The highest BCUT2D eigenvalue weighted by Gasteiger charge is 2.08. The van der Waals surface area contributed by atoms with Gasteiger partial charge in [0.05, 0.1) is 11.7 Å². The summed E-state index contributed by atoms with van der Waals surface area (Å²) in [5, 5.41) is 12.3. The van der Waals surface area contributed by atoms with E-state index in [0.29, 0.717) is 16.9 Å². The standard InChI is InChI=1S/C8H14ClN3OS/c1-2-6(3-4-13)5-10-8-7(9)11-14-12-8/h6,13H,2-5H2,1H3,(H,10,12). The van der Waals surface area contributed by atoms with E-state index < -0.39 is 0 Å². The molecule has 0 fully saturated rings. The van der Waals surface area contributed by atoms with E-state index in [1.165, 1.54) is 0 Å². The fourth-order valence-corrected chi connectivity index (χ4v) is 1.84. The minimum Gasteiger partial charge on any atom is -0.396 e. The molecule has 1 aromatic rings. The number of hydrogen-bond acceptors (Lipinski definition) is 5. The summed E-state index contributed by atoms with van der Waals surface area (Å²) in [5.74, 6) is 1.10. The summed E-state index contributed by atoms with van der Waals surface area (Å²) in [6.45, 7) is 3.11. The zero-order valence-corrected chi connectivity index (χ0v) is 9.61. The summed E-state index contributed by atoms with van der Waals surface area (Å²) in [7, 11) is 0. The van der Waals surface area contributed by atoms with Crippen LogP contribution >= 0.6 is 23.3 Å². The lowest BCUT2D eigenvalue weighted by molar-refractivity contribution is 0.258. The predicted molar refractivity (Wildman–Crippen MR) is 58.9 cm³/mol. The van der Waals surface area contributed by atoms with Crippen LogP contribution in [0, 0.1) is 5.92 Å². The zero-order chi connectivity index (χ0) is 10.4. The van der Waals surface area contributed by atoms with Gasteiger partial charge < -0.3 is 10.4 Å². The van der Waals surface area contributed by atoms with Gasteiger partial charge in [0, 0.05) is 13.2 Å². The number of aromatic nitrogens is 2. The Kier molecular flexibility index (Phi) is 5.14. The number of hydrogen-bond donors (Lipinski definition) is 2. The predicted octanol–water partition coefficient (Wildman–Crippen LogP) is 2.01. The molecule has 14 heavy (non-hydrogen) atoms. The molecule has 0 radical (unpaired) electrons. The maximum atomic E-state index is 8.80. The van der Waals surface area contributed by atoms with Crippen LogP contribution in [-0.4, -0.2) is 27.0 Å². The summed E-state index contributed by atoms with van der Waals surface area (Å²) < 4.78 is 7.86. The van der Waals surface area contributed by atoms with Gasteiger partial charge in [-0.15, -0.1) is 0 Å². The molecule has 0 aromatic carbocycles. The van der Waals surface area contributed by atoms with Gasteiger partial charge in [0.15, 0.2) is 11.0 Å². The van der Waals surface area contributed by atoms with Crippen LogP contribution < -0.4 is 5.32 Å². The van der Waals surface area contributed by atoms with E-state index in [1.807, 2.05) is 0 Å². The molecule has 1 atom stereocenters. The highest BCUT2D eigenvalue weighted by atomic mass is 35.5. The van der Waals surface area contributed by atoms with E-state index >= 15 is 0 Å². The third-order valence-corrected chi connectivity index (χ3v) is 3.01. The average Bonchev–Trinajstić information content (AvgIpc) is 2.59. The van der Waals surface area contributed by atoms with Crippen LogP contribution in [0.15, 0.2) is 0 Å². The fourth-order valence-electron chi connectivity index (χ4n) is 1.16. The highest BCUT2D eigenvalue weighted by Crippen LogP contribution is 2.18. The monoisotopic (exact) mass is 235 g/mol. The Bertz CT molecular complexity index is 269. The molecule has 80 valence electrons. The van der Waals surface area contributed by atoms with Crippen molar-refractivity contribution in [2.24, 2.45) is 5.92 Å². The second kappa shape index (κ2) is 6.16. The summed E-state index contributed by atoms with van der Waals surface area (Å²) in [4.78, 5) is 0. The SMILES string of the molecule is CCC(CCO)CNc1nsnc1Cl. The Balaban J connectivity index is 2.35. The van der Waals surface area contributed by atoms with Gasteiger partial charge in [-0.3, -0.25) is 0 Å². The second-order valence-electron chi connectivity index (χ2n) is 3.07.